The molecule has 1 unspecified atom stereocenters. The first kappa shape index (κ1) is 26.9. The van der Waals surface area contributed by atoms with Crippen molar-refractivity contribution in [2.24, 2.45) is 5.41 Å². The van der Waals surface area contributed by atoms with Crippen molar-refractivity contribution in [2.45, 2.75) is 79.2 Å². The number of carbonyl (C=O) groups excluding carboxylic acids is 1. The smallest absolute Gasteiger partial charge is 0.173 e. The lowest BCUT2D eigenvalue weighted by atomic mass is 9.74. The molecular formula is C28H41NO4S. The highest BCUT2D eigenvalue weighted by atomic mass is 32.1. The number of rotatable bonds is 12. The van der Waals surface area contributed by atoms with Gasteiger partial charge < -0.3 is 20.3 Å². The molecule has 1 aliphatic carbocycles. The molecule has 1 atom stereocenters. The Morgan fingerprint density at radius 3 is 2.59 bits per heavy atom. The average Bonchev–Trinajstić information content (AvgIpc) is 3.13. The number of aryl methyl sites for hydroxylation is 4. The number of fused-ring (bicyclic) bond motifs is 1. The van der Waals surface area contributed by atoms with Gasteiger partial charge in [-0.05, 0) is 79.2 Å². The molecule has 188 valence electrons. The Morgan fingerprint density at radius 2 is 1.94 bits per heavy atom. The molecule has 0 fully saturated rings. The van der Waals surface area contributed by atoms with Gasteiger partial charge in [0.25, 0.3) is 0 Å². The molecule has 3 N–H and O–H groups in total. The summed E-state index contributed by atoms with van der Waals surface area (Å²) in [4.78, 5) is 15.6. The lowest BCUT2D eigenvalue weighted by Gasteiger charge is -2.30. The second-order valence-corrected chi connectivity index (χ2v) is 11.5. The normalized spacial score (nSPS) is 15.7. The predicted octanol–water partition coefficient (Wildman–Crippen LogP) is 4.58. The Labute approximate surface area is 208 Å². The average molecular weight is 488 g/mol. The van der Waals surface area contributed by atoms with Gasteiger partial charge in [-0.1, -0.05) is 32.9 Å². The van der Waals surface area contributed by atoms with Gasteiger partial charge >= 0.3 is 0 Å². The molecule has 5 nitrogen and oxygen atoms in total. The van der Waals surface area contributed by atoms with E-state index in [0.29, 0.717) is 31.3 Å². The fourth-order valence-electron chi connectivity index (χ4n) is 4.93. The highest BCUT2D eigenvalue weighted by molar-refractivity contribution is 7.14. The van der Waals surface area contributed by atoms with Crippen LogP contribution in [0.25, 0.3) is 0 Å². The quantitative estimate of drug-likeness (QED) is 0.302. The number of aliphatic hydroxyl groups excluding tert-OH is 2. The van der Waals surface area contributed by atoms with E-state index in [2.05, 4.69) is 38.2 Å². The maximum Gasteiger partial charge on any atom is 0.173 e. The van der Waals surface area contributed by atoms with Gasteiger partial charge in [0.15, 0.2) is 5.78 Å². The monoisotopic (exact) mass is 487 g/mol. The third-order valence-electron chi connectivity index (χ3n) is 6.73. The van der Waals surface area contributed by atoms with Crippen LogP contribution in [0.15, 0.2) is 12.1 Å². The Hall–Kier alpha value is -1.73. The number of hydrogen-bond acceptors (Lipinski definition) is 6. The van der Waals surface area contributed by atoms with Crippen LogP contribution in [-0.4, -0.2) is 48.4 Å². The molecule has 1 aromatic heterocycles. The highest BCUT2D eigenvalue weighted by Crippen LogP contribution is 2.42. The predicted molar refractivity (Wildman–Crippen MR) is 140 cm³/mol. The maximum absolute atomic E-state index is 13.2. The van der Waals surface area contributed by atoms with Crippen molar-refractivity contribution in [3.8, 4) is 5.75 Å². The van der Waals surface area contributed by atoms with E-state index in [1.807, 2.05) is 13.8 Å². The largest absolute Gasteiger partial charge is 0.490 e. The minimum Gasteiger partial charge on any atom is -0.490 e. The first-order valence-electron chi connectivity index (χ1n) is 12.5. The molecule has 1 aliphatic rings. The summed E-state index contributed by atoms with van der Waals surface area (Å²) in [5, 5.41) is 21.8. The van der Waals surface area contributed by atoms with Crippen LogP contribution in [0.4, 0.5) is 0 Å². The Bertz CT molecular complexity index is 972. The van der Waals surface area contributed by atoms with Crippen LogP contribution in [0, 0.1) is 19.3 Å². The fourth-order valence-corrected chi connectivity index (χ4v) is 6.21. The molecule has 0 saturated heterocycles. The number of Topliss-reactive ketones (excluding diaryl/α,β-unsaturated/α-hetero) is 1. The van der Waals surface area contributed by atoms with Gasteiger partial charge in [0, 0.05) is 24.4 Å². The van der Waals surface area contributed by atoms with Gasteiger partial charge in [0.1, 0.15) is 18.5 Å². The molecule has 0 aliphatic heterocycles. The molecule has 0 bridgehead atoms. The standard InChI is InChI=1S/C28H41NO4S/c1-6-25-23-15-28(4,5)10-9-22(23)27(34-25)24(32)8-7-20-13-18(2)26(19(3)14-20)33-17-21(31)16-29-11-12-30/h13-14,21,29-31H,6-12,15-17H2,1-5H3. The summed E-state index contributed by atoms with van der Waals surface area (Å²) in [5.74, 6) is 1.06. The summed E-state index contributed by atoms with van der Waals surface area (Å²) in [7, 11) is 0. The van der Waals surface area contributed by atoms with Gasteiger partial charge in [-0.3, -0.25) is 4.79 Å². The van der Waals surface area contributed by atoms with Crippen molar-refractivity contribution < 1.29 is 19.7 Å². The summed E-state index contributed by atoms with van der Waals surface area (Å²) in [6, 6.07) is 4.19. The number of carbonyl (C=O) groups is 1. The van der Waals surface area contributed by atoms with E-state index in [0.717, 1.165) is 53.0 Å². The van der Waals surface area contributed by atoms with E-state index >= 15 is 0 Å². The van der Waals surface area contributed by atoms with E-state index < -0.39 is 6.10 Å². The molecule has 0 saturated carbocycles. The SMILES string of the molecule is CCc1sc(C(=O)CCc2cc(C)c(OCC(O)CNCCO)c(C)c2)c2c1CC(C)(C)CC2. The highest BCUT2D eigenvalue weighted by Gasteiger charge is 2.31. The summed E-state index contributed by atoms with van der Waals surface area (Å²) in [6.07, 6.45) is 4.85. The second-order valence-electron chi connectivity index (χ2n) is 10.4. The van der Waals surface area contributed by atoms with E-state index in [1.54, 1.807) is 11.3 Å². The summed E-state index contributed by atoms with van der Waals surface area (Å²) >= 11 is 1.73. The number of thiophene rings is 1. The van der Waals surface area contributed by atoms with Gasteiger partial charge in [-0.25, -0.2) is 0 Å². The molecule has 0 radical (unpaired) electrons. The Balaban J connectivity index is 1.63. The molecule has 3 rings (SSSR count). The van der Waals surface area contributed by atoms with Crippen molar-refractivity contribution in [1.82, 2.24) is 5.32 Å². The number of benzene rings is 1. The van der Waals surface area contributed by atoms with Crippen LogP contribution in [0.5, 0.6) is 5.75 Å². The molecular weight excluding hydrogens is 446 g/mol. The molecule has 6 heteroatoms. The lowest BCUT2D eigenvalue weighted by molar-refractivity contribution is 0.0984. The first-order chi connectivity index (χ1) is 16.1. The summed E-state index contributed by atoms with van der Waals surface area (Å²) < 4.78 is 5.89. The van der Waals surface area contributed by atoms with Gasteiger partial charge in [0.2, 0.25) is 0 Å². The van der Waals surface area contributed by atoms with E-state index in [1.165, 1.54) is 16.0 Å². The molecule has 1 heterocycles. The van der Waals surface area contributed by atoms with Crippen LogP contribution in [-0.2, 0) is 25.7 Å². The topological polar surface area (TPSA) is 78.8 Å². The van der Waals surface area contributed by atoms with Crippen LogP contribution in [0.3, 0.4) is 0 Å². The lowest BCUT2D eigenvalue weighted by Crippen LogP contribution is -2.33. The van der Waals surface area contributed by atoms with Crippen LogP contribution < -0.4 is 10.1 Å². The second kappa shape index (κ2) is 11.8. The van der Waals surface area contributed by atoms with Crippen molar-refractivity contribution in [2.75, 3.05) is 26.3 Å². The molecule has 0 amide bonds. The van der Waals surface area contributed by atoms with Crippen LogP contribution >= 0.6 is 11.3 Å². The van der Waals surface area contributed by atoms with Crippen molar-refractivity contribution in [3.63, 3.8) is 0 Å². The maximum atomic E-state index is 13.2. The van der Waals surface area contributed by atoms with Crippen molar-refractivity contribution in [1.29, 1.82) is 0 Å². The number of ether oxygens (including phenoxy) is 1. The number of ketones is 1. The Morgan fingerprint density at radius 1 is 1.24 bits per heavy atom. The molecule has 2 aromatic rings. The van der Waals surface area contributed by atoms with E-state index in [4.69, 9.17) is 9.84 Å². The fraction of sp³-hybridized carbons (Fsp3) is 0.607. The number of aliphatic hydroxyl groups is 2. The minimum atomic E-state index is -0.641. The number of nitrogens with one attached hydrogen (secondary N) is 1. The third-order valence-corrected chi connectivity index (χ3v) is 8.19. The third kappa shape index (κ3) is 6.69. The zero-order valence-corrected chi connectivity index (χ0v) is 22.2. The van der Waals surface area contributed by atoms with Crippen LogP contribution in [0.2, 0.25) is 0 Å². The van der Waals surface area contributed by atoms with Crippen molar-refractivity contribution >= 4 is 17.1 Å². The molecule has 34 heavy (non-hydrogen) atoms. The zero-order valence-electron chi connectivity index (χ0n) is 21.4. The minimum absolute atomic E-state index is 0.0443. The summed E-state index contributed by atoms with van der Waals surface area (Å²) in [6.45, 7) is 12.0. The zero-order chi connectivity index (χ0) is 24.9. The molecule has 0 spiro atoms. The van der Waals surface area contributed by atoms with Crippen molar-refractivity contribution in [3.05, 3.63) is 49.7 Å². The summed E-state index contributed by atoms with van der Waals surface area (Å²) in [5.41, 5.74) is 6.28. The molecule has 1 aromatic carbocycles. The number of hydrogen-bond donors (Lipinski definition) is 3. The van der Waals surface area contributed by atoms with Gasteiger partial charge in [-0.2, -0.15) is 0 Å². The van der Waals surface area contributed by atoms with Crippen LogP contribution in [0.1, 0.15) is 76.0 Å². The van der Waals surface area contributed by atoms with Gasteiger partial charge in [-0.15, -0.1) is 11.3 Å². The van der Waals surface area contributed by atoms with Gasteiger partial charge in [0.05, 0.1) is 11.5 Å². The first-order valence-corrected chi connectivity index (χ1v) is 13.4. The Kier molecular flexibility index (Phi) is 9.33. The van der Waals surface area contributed by atoms with E-state index in [9.17, 15) is 9.90 Å². The van der Waals surface area contributed by atoms with E-state index in [-0.39, 0.29) is 19.0 Å².